The highest BCUT2D eigenvalue weighted by atomic mass is 19.1. The van der Waals surface area contributed by atoms with Gasteiger partial charge >= 0.3 is 5.97 Å². The van der Waals surface area contributed by atoms with Crippen molar-refractivity contribution >= 4 is 22.9 Å². The Kier molecular flexibility index (Phi) is 7.94. The van der Waals surface area contributed by atoms with Crippen LogP contribution in [0.3, 0.4) is 0 Å². The van der Waals surface area contributed by atoms with Crippen molar-refractivity contribution in [2.75, 3.05) is 0 Å². The summed E-state index contributed by atoms with van der Waals surface area (Å²) in [6.45, 7) is 8.41. The van der Waals surface area contributed by atoms with Crippen molar-refractivity contribution in [3.05, 3.63) is 113 Å². The number of halogens is 1. The van der Waals surface area contributed by atoms with Crippen LogP contribution in [-0.2, 0) is 5.41 Å². The number of amides is 1. The van der Waals surface area contributed by atoms with E-state index in [4.69, 9.17) is 4.98 Å². The van der Waals surface area contributed by atoms with E-state index in [1.807, 2.05) is 55.5 Å². The van der Waals surface area contributed by atoms with Crippen molar-refractivity contribution < 1.29 is 19.1 Å². The van der Waals surface area contributed by atoms with Crippen LogP contribution in [0, 0.1) is 5.82 Å². The molecule has 0 saturated carbocycles. The molecule has 5 aromatic rings. The predicted octanol–water partition coefficient (Wildman–Crippen LogP) is 8.30. The number of nitrogens with zero attached hydrogens (tertiary/aromatic N) is 1. The normalized spacial score (nSPS) is 12.3. The lowest BCUT2D eigenvalue weighted by atomic mass is 9.87. The quantitative estimate of drug-likeness (QED) is 0.177. The van der Waals surface area contributed by atoms with Crippen LogP contribution in [0.5, 0.6) is 0 Å². The van der Waals surface area contributed by atoms with Crippen LogP contribution >= 0.6 is 0 Å². The maximum Gasteiger partial charge on any atom is 0.336 e. The molecule has 1 heterocycles. The fourth-order valence-corrected chi connectivity index (χ4v) is 5.18. The maximum absolute atomic E-state index is 14.6. The minimum Gasteiger partial charge on any atom is -0.478 e. The van der Waals surface area contributed by atoms with Crippen LogP contribution in [0.1, 0.15) is 78.4 Å². The summed E-state index contributed by atoms with van der Waals surface area (Å²) in [5.41, 5.74) is 5.00. The molecule has 1 atom stereocenters. The molecule has 42 heavy (non-hydrogen) atoms. The van der Waals surface area contributed by atoms with E-state index >= 15 is 0 Å². The molecule has 3 N–H and O–H groups in total. The Labute approximate surface area is 244 Å². The molecule has 6 nitrogen and oxygen atoms in total. The number of aromatic carboxylic acids is 1. The van der Waals surface area contributed by atoms with E-state index in [0.29, 0.717) is 22.5 Å². The lowest BCUT2D eigenvalue weighted by Crippen LogP contribution is -2.28. The van der Waals surface area contributed by atoms with E-state index < -0.39 is 11.8 Å². The summed E-state index contributed by atoms with van der Waals surface area (Å²) < 4.78 is 14.6. The Morgan fingerprint density at radius 2 is 1.67 bits per heavy atom. The summed E-state index contributed by atoms with van der Waals surface area (Å²) in [6, 6.07) is 24.3. The number of rotatable bonds is 8. The molecular weight excluding hydrogens is 529 g/mol. The zero-order valence-electron chi connectivity index (χ0n) is 24.2. The minimum absolute atomic E-state index is 0.0617. The third-order valence-electron chi connectivity index (χ3n) is 7.47. The molecule has 1 aromatic heterocycles. The average Bonchev–Trinajstić information content (AvgIpc) is 3.40. The summed E-state index contributed by atoms with van der Waals surface area (Å²) >= 11 is 0. The number of aromatic amines is 1. The van der Waals surface area contributed by atoms with Gasteiger partial charge in [-0.25, -0.2) is 14.2 Å². The van der Waals surface area contributed by atoms with E-state index in [1.54, 1.807) is 18.2 Å². The molecule has 0 radical (unpaired) electrons. The topological polar surface area (TPSA) is 95.1 Å². The lowest BCUT2D eigenvalue weighted by molar-refractivity contribution is 0.0697. The Morgan fingerprint density at radius 1 is 0.929 bits per heavy atom. The lowest BCUT2D eigenvalue weighted by Gasteiger charge is -2.19. The van der Waals surface area contributed by atoms with E-state index in [2.05, 4.69) is 31.1 Å². The molecule has 4 aromatic carbocycles. The summed E-state index contributed by atoms with van der Waals surface area (Å²) in [7, 11) is 0. The van der Waals surface area contributed by atoms with Crippen LogP contribution in [0.2, 0.25) is 0 Å². The predicted molar refractivity (Wildman–Crippen MR) is 164 cm³/mol. The number of H-pyrrole nitrogens is 1. The monoisotopic (exact) mass is 563 g/mol. The number of imidazole rings is 1. The summed E-state index contributed by atoms with van der Waals surface area (Å²) in [5.74, 6) is -1.60. The van der Waals surface area contributed by atoms with Crippen LogP contribution < -0.4 is 5.32 Å². The molecule has 1 unspecified atom stereocenters. The van der Waals surface area contributed by atoms with Crippen molar-refractivity contribution in [1.29, 1.82) is 0 Å². The van der Waals surface area contributed by atoms with E-state index in [9.17, 15) is 19.1 Å². The van der Waals surface area contributed by atoms with E-state index in [-0.39, 0.29) is 28.5 Å². The van der Waals surface area contributed by atoms with E-state index in [1.165, 1.54) is 18.2 Å². The molecule has 5 rings (SSSR count). The van der Waals surface area contributed by atoms with E-state index in [0.717, 1.165) is 35.0 Å². The molecule has 0 saturated heterocycles. The number of hydrogen-bond donors (Lipinski definition) is 3. The molecule has 0 bridgehead atoms. The van der Waals surface area contributed by atoms with Gasteiger partial charge in [-0.15, -0.1) is 0 Å². The zero-order valence-corrected chi connectivity index (χ0v) is 24.2. The molecule has 0 aliphatic rings. The largest absolute Gasteiger partial charge is 0.478 e. The standard InChI is InChI=1S/C35H34FN3O3/c1-5-9-29(21-10-7-6-8-11-21)39-33(40)22-12-15-26(28(18-22)34(41)42)25-16-14-24(36)20-27(25)32-37-30-17-13-23(35(2,3)4)19-31(30)38-32/h6-8,10-20,29H,5,9H2,1-4H3,(H,37,38)(H,39,40)(H,41,42). The summed E-state index contributed by atoms with van der Waals surface area (Å²) in [6.07, 6.45) is 1.61. The average molecular weight is 564 g/mol. The van der Waals surface area contributed by atoms with Crippen molar-refractivity contribution in [2.45, 2.75) is 52.0 Å². The molecule has 0 fully saturated rings. The Morgan fingerprint density at radius 3 is 2.36 bits per heavy atom. The molecule has 0 spiro atoms. The minimum atomic E-state index is -1.19. The van der Waals surface area contributed by atoms with Crippen molar-refractivity contribution in [1.82, 2.24) is 15.3 Å². The van der Waals surface area contributed by atoms with Crippen molar-refractivity contribution in [3.63, 3.8) is 0 Å². The SMILES string of the molecule is CCCC(NC(=O)c1ccc(-c2ccc(F)cc2-c2nc3cc(C(C)(C)C)ccc3[nH]2)c(C(=O)O)c1)c1ccccc1. The fourth-order valence-electron chi connectivity index (χ4n) is 5.18. The zero-order chi connectivity index (χ0) is 30.0. The third-order valence-corrected chi connectivity index (χ3v) is 7.47. The van der Waals surface area contributed by atoms with Crippen molar-refractivity contribution in [2.24, 2.45) is 0 Å². The third kappa shape index (κ3) is 5.96. The second-order valence-corrected chi connectivity index (χ2v) is 11.5. The number of hydrogen-bond acceptors (Lipinski definition) is 3. The van der Waals surface area contributed by atoms with Gasteiger partial charge in [-0.2, -0.15) is 0 Å². The smallest absolute Gasteiger partial charge is 0.336 e. The van der Waals surface area contributed by atoms with Crippen LogP contribution in [0.15, 0.2) is 84.9 Å². The Balaban J connectivity index is 1.54. The second kappa shape index (κ2) is 11.6. The highest BCUT2D eigenvalue weighted by molar-refractivity contribution is 6.03. The first-order chi connectivity index (χ1) is 20.0. The first kappa shape index (κ1) is 28.7. The highest BCUT2D eigenvalue weighted by Gasteiger charge is 2.22. The van der Waals surface area contributed by atoms with Gasteiger partial charge in [-0.05, 0) is 70.5 Å². The highest BCUT2D eigenvalue weighted by Crippen LogP contribution is 2.36. The molecule has 7 heteroatoms. The Hall–Kier alpha value is -4.78. The molecule has 0 aliphatic heterocycles. The number of fused-ring (bicyclic) bond motifs is 1. The van der Waals surface area contributed by atoms with Gasteiger partial charge in [0.2, 0.25) is 0 Å². The second-order valence-electron chi connectivity index (χ2n) is 11.5. The number of benzene rings is 4. The van der Waals surface area contributed by atoms with Crippen LogP contribution in [0.25, 0.3) is 33.5 Å². The van der Waals surface area contributed by atoms with Gasteiger partial charge in [0.15, 0.2) is 0 Å². The number of carboxylic acid groups (broad SMARTS) is 1. The van der Waals surface area contributed by atoms with Crippen LogP contribution in [0.4, 0.5) is 4.39 Å². The van der Waals surface area contributed by atoms with Gasteiger partial charge in [-0.3, -0.25) is 4.79 Å². The number of nitrogens with one attached hydrogen (secondary N) is 2. The van der Waals surface area contributed by atoms with Gasteiger partial charge in [-0.1, -0.05) is 82.6 Å². The first-order valence-corrected chi connectivity index (χ1v) is 14.1. The summed E-state index contributed by atoms with van der Waals surface area (Å²) in [5, 5.41) is 13.2. The number of carbonyl (C=O) groups is 2. The van der Waals surface area contributed by atoms with Gasteiger partial charge in [0.25, 0.3) is 5.91 Å². The van der Waals surface area contributed by atoms with Gasteiger partial charge < -0.3 is 15.4 Å². The summed E-state index contributed by atoms with van der Waals surface area (Å²) in [4.78, 5) is 33.8. The van der Waals surface area contributed by atoms with Crippen molar-refractivity contribution in [3.8, 4) is 22.5 Å². The molecule has 214 valence electrons. The number of carbonyl (C=O) groups excluding carboxylic acids is 1. The number of aromatic nitrogens is 2. The maximum atomic E-state index is 14.6. The Bertz CT molecular complexity index is 1770. The molecule has 1 amide bonds. The fraction of sp³-hybridized carbons (Fsp3) is 0.229. The van der Waals surface area contributed by atoms with Gasteiger partial charge in [0, 0.05) is 11.1 Å². The molecular formula is C35H34FN3O3. The van der Waals surface area contributed by atoms with Crippen LogP contribution in [-0.4, -0.2) is 27.0 Å². The molecule has 0 aliphatic carbocycles. The van der Waals surface area contributed by atoms with Gasteiger partial charge in [0.1, 0.15) is 11.6 Å². The first-order valence-electron chi connectivity index (χ1n) is 14.1. The number of carboxylic acids is 1. The van der Waals surface area contributed by atoms with Gasteiger partial charge in [0.05, 0.1) is 22.6 Å².